The van der Waals surface area contributed by atoms with Crippen molar-refractivity contribution in [2.24, 2.45) is 5.73 Å². The number of hydrogen-bond donors (Lipinski definition) is 3. The van der Waals surface area contributed by atoms with E-state index in [0.29, 0.717) is 18.6 Å². The minimum atomic E-state index is -0.621. The molecule has 0 saturated carbocycles. The summed E-state index contributed by atoms with van der Waals surface area (Å²) in [6.45, 7) is 1.12. The van der Waals surface area contributed by atoms with Crippen LogP contribution in [0.15, 0.2) is 36.5 Å². The molecule has 1 aliphatic heterocycles. The van der Waals surface area contributed by atoms with Gasteiger partial charge in [0.05, 0.1) is 5.56 Å². The average Bonchev–Trinajstić information content (AvgIpc) is 3.10. The number of nitrogens with one attached hydrogen (secondary N) is 2. The Labute approximate surface area is 179 Å². The lowest BCUT2D eigenvalue weighted by molar-refractivity contribution is 0.0994. The first-order valence-electron chi connectivity index (χ1n) is 9.76. The second kappa shape index (κ2) is 9.45. The number of rotatable bonds is 7. The zero-order chi connectivity index (χ0) is 20.4. The van der Waals surface area contributed by atoms with Crippen molar-refractivity contribution in [2.75, 3.05) is 13.2 Å². The van der Waals surface area contributed by atoms with E-state index in [1.54, 1.807) is 12.1 Å². The third-order valence-corrected chi connectivity index (χ3v) is 5.38. The summed E-state index contributed by atoms with van der Waals surface area (Å²) < 4.78 is 33.3. The van der Waals surface area contributed by atoms with E-state index in [1.807, 2.05) is 6.20 Å². The monoisotopic (exact) mass is 435 g/mol. The number of nitrogens with two attached hydrogens (primary N) is 1. The predicted molar refractivity (Wildman–Crippen MR) is 114 cm³/mol. The fourth-order valence-corrected chi connectivity index (χ4v) is 3.88. The normalized spacial score (nSPS) is 15.3. The summed E-state index contributed by atoms with van der Waals surface area (Å²) in [7, 11) is 0. The third kappa shape index (κ3) is 4.57. The quantitative estimate of drug-likeness (QED) is 0.493. The molecule has 1 atom stereocenters. The number of aromatic nitrogens is 1. The Balaban J connectivity index is 0.00000256. The van der Waals surface area contributed by atoms with Crippen LogP contribution in [-0.2, 0) is 12.8 Å². The largest absolute Gasteiger partial charge is 0.491 e. The van der Waals surface area contributed by atoms with Gasteiger partial charge in [-0.3, -0.25) is 4.79 Å². The number of benzene rings is 2. The lowest BCUT2D eigenvalue weighted by atomic mass is 9.98. The van der Waals surface area contributed by atoms with Crippen LogP contribution in [0.25, 0.3) is 10.9 Å². The second-order valence-electron chi connectivity index (χ2n) is 7.39. The van der Waals surface area contributed by atoms with Crippen LogP contribution in [0, 0.1) is 11.6 Å². The van der Waals surface area contributed by atoms with E-state index in [4.69, 9.17) is 10.5 Å². The number of aryl methyl sites for hydroxylation is 1. The van der Waals surface area contributed by atoms with Crippen molar-refractivity contribution >= 4 is 29.2 Å². The van der Waals surface area contributed by atoms with Crippen LogP contribution in [0.3, 0.4) is 0 Å². The molecule has 0 radical (unpaired) electrons. The molecule has 1 aromatic heterocycles. The summed E-state index contributed by atoms with van der Waals surface area (Å²) in [6, 6.07) is 7.36. The highest BCUT2D eigenvalue weighted by Crippen LogP contribution is 2.31. The Kier molecular flexibility index (Phi) is 6.95. The number of ether oxygens (including phenoxy) is 1. The topological polar surface area (TPSA) is 80.1 Å². The first-order valence-corrected chi connectivity index (χ1v) is 9.76. The number of aromatic amines is 1. The molecule has 4 rings (SSSR count). The van der Waals surface area contributed by atoms with Crippen LogP contribution in [0.5, 0.6) is 5.75 Å². The summed E-state index contributed by atoms with van der Waals surface area (Å²) in [6.07, 6.45) is 5.11. The number of unbranched alkanes of at least 4 members (excludes halogenated alkanes) is 1. The van der Waals surface area contributed by atoms with Crippen LogP contribution in [0.1, 0.15) is 34.3 Å². The zero-order valence-electron chi connectivity index (χ0n) is 16.3. The minimum Gasteiger partial charge on any atom is -0.491 e. The van der Waals surface area contributed by atoms with E-state index in [0.717, 1.165) is 42.3 Å². The van der Waals surface area contributed by atoms with Crippen LogP contribution in [-0.4, -0.2) is 30.1 Å². The number of primary amides is 1. The fourth-order valence-electron chi connectivity index (χ4n) is 3.88. The van der Waals surface area contributed by atoms with Crippen molar-refractivity contribution in [3.8, 4) is 5.75 Å². The van der Waals surface area contributed by atoms with E-state index in [1.165, 1.54) is 18.2 Å². The molecule has 0 bridgehead atoms. The maximum absolute atomic E-state index is 14.2. The number of carbonyl (C=O) groups excluding carboxylic acids is 1. The summed E-state index contributed by atoms with van der Waals surface area (Å²) in [4.78, 5) is 14.7. The molecular weight excluding hydrogens is 412 g/mol. The SMILES string of the molecule is Cl.NC(=O)c1ccc(F)c2c1OCC(NCCCCc1c[nH]c3ccc(F)cc13)C2. The maximum Gasteiger partial charge on any atom is 0.252 e. The van der Waals surface area contributed by atoms with Gasteiger partial charge in [0.2, 0.25) is 0 Å². The molecule has 5 nitrogen and oxygen atoms in total. The highest BCUT2D eigenvalue weighted by Gasteiger charge is 2.26. The van der Waals surface area contributed by atoms with Crippen molar-refractivity contribution in [3.63, 3.8) is 0 Å². The van der Waals surface area contributed by atoms with Crippen molar-refractivity contribution in [2.45, 2.75) is 31.7 Å². The molecule has 4 N–H and O–H groups in total. The molecular formula is C22H24ClF2N3O2. The molecule has 1 amide bonds. The van der Waals surface area contributed by atoms with Crippen LogP contribution in [0.4, 0.5) is 8.78 Å². The van der Waals surface area contributed by atoms with Gasteiger partial charge in [-0.05, 0) is 68.1 Å². The van der Waals surface area contributed by atoms with E-state index in [-0.39, 0.29) is 41.4 Å². The molecule has 0 saturated heterocycles. The summed E-state index contributed by atoms with van der Waals surface area (Å²) in [5.74, 6) is -0.973. The fraction of sp³-hybridized carbons (Fsp3) is 0.318. The summed E-state index contributed by atoms with van der Waals surface area (Å²) in [5.41, 5.74) is 8.00. The van der Waals surface area contributed by atoms with Crippen LogP contribution >= 0.6 is 12.4 Å². The number of carbonyl (C=O) groups is 1. The first kappa shape index (κ1) is 22.1. The zero-order valence-corrected chi connectivity index (χ0v) is 17.2. The van der Waals surface area contributed by atoms with Gasteiger partial charge in [-0.2, -0.15) is 0 Å². The van der Waals surface area contributed by atoms with Gasteiger partial charge in [-0.25, -0.2) is 8.78 Å². The Morgan fingerprint density at radius 1 is 1.23 bits per heavy atom. The van der Waals surface area contributed by atoms with Gasteiger partial charge in [0, 0.05) is 28.7 Å². The van der Waals surface area contributed by atoms with Gasteiger partial charge in [-0.15, -0.1) is 12.4 Å². The molecule has 160 valence electrons. The Bertz CT molecular complexity index is 1050. The minimum absolute atomic E-state index is 0. The van der Waals surface area contributed by atoms with Crippen molar-refractivity contribution in [1.29, 1.82) is 0 Å². The lowest BCUT2D eigenvalue weighted by Gasteiger charge is -2.27. The van der Waals surface area contributed by atoms with Crippen LogP contribution < -0.4 is 15.8 Å². The van der Waals surface area contributed by atoms with Crippen molar-refractivity contribution < 1.29 is 18.3 Å². The summed E-state index contributed by atoms with van der Waals surface area (Å²) >= 11 is 0. The van der Waals surface area contributed by atoms with E-state index >= 15 is 0 Å². The molecule has 2 aromatic carbocycles. The molecule has 0 fully saturated rings. The van der Waals surface area contributed by atoms with E-state index < -0.39 is 5.91 Å². The van der Waals surface area contributed by atoms with Gasteiger partial charge >= 0.3 is 0 Å². The van der Waals surface area contributed by atoms with E-state index in [9.17, 15) is 13.6 Å². The maximum atomic E-state index is 14.2. The number of H-pyrrole nitrogens is 1. The van der Waals surface area contributed by atoms with Gasteiger partial charge in [0.1, 0.15) is 24.0 Å². The average molecular weight is 436 g/mol. The predicted octanol–water partition coefficient (Wildman–Crippen LogP) is 3.88. The standard InChI is InChI=1S/C22H23F2N3O2.ClH/c23-14-4-7-20-17(9-14)13(11-27-20)3-1-2-8-26-15-10-18-19(24)6-5-16(22(25)28)21(18)29-12-15;/h4-7,9,11,15,26-27H,1-3,8,10,12H2,(H2,25,28);1H. The van der Waals surface area contributed by atoms with Crippen LogP contribution in [0.2, 0.25) is 0 Å². The number of halogens is 3. The highest BCUT2D eigenvalue weighted by molar-refractivity contribution is 5.96. The highest BCUT2D eigenvalue weighted by atomic mass is 35.5. The van der Waals surface area contributed by atoms with Crippen molar-refractivity contribution in [1.82, 2.24) is 10.3 Å². The van der Waals surface area contributed by atoms with Gasteiger partial charge < -0.3 is 20.8 Å². The molecule has 0 spiro atoms. The summed E-state index contributed by atoms with van der Waals surface area (Å²) in [5, 5.41) is 4.32. The van der Waals surface area contributed by atoms with Gasteiger partial charge in [0.15, 0.2) is 0 Å². The third-order valence-electron chi connectivity index (χ3n) is 5.38. The first-order chi connectivity index (χ1) is 14.0. The number of fused-ring (bicyclic) bond motifs is 2. The Morgan fingerprint density at radius 3 is 2.87 bits per heavy atom. The Morgan fingerprint density at radius 2 is 2.07 bits per heavy atom. The molecule has 0 aliphatic carbocycles. The van der Waals surface area contributed by atoms with E-state index in [2.05, 4.69) is 10.3 Å². The molecule has 1 aliphatic rings. The van der Waals surface area contributed by atoms with Gasteiger partial charge in [-0.1, -0.05) is 0 Å². The molecule has 2 heterocycles. The van der Waals surface area contributed by atoms with Crippen molar-refractivity contribution in [3.05, 3.63) is 64.9 Å². The molecule has 30 heavy (non-hydrogen) atoms. The second-order valence-corrected chi connectivity index (χ2v) is 7.39. The number of amides is 1. The number of hydrogen-bond acceptors (Lipinski definition) is 3. The molecule has 1 unspecified atom stereocenters. The smallest absolute Gasteiger partial charge is 0.252 e. The lowest BCUT2D eigenvalue weighted by Crippen LogP contribution is -2.40. The Hall–Kier alpha value is -2.64. The molecule has 3 aromatic rings. The molecule has 8 heteroatoms. The van der Waals surface area contributed by atoms with Gasteiger partial charge in [0.25, 0.3) is 5.91 Å².